The standard InChI is InChI=1S/C10H23NO2S/c1-3-5-8-13-9-6-11-7-10-14(12)4-2/h11H,3-10H2,1-2H3. The van der Waals surface area contributed by atoms with Crippen LogP contribution in [0, 0.1) is 0 Å². The Morgan fingerprint density at radius 1 is 1.21 bits per heavy atom. The third kappa shape index (κ3) is 10.2. The molecule has 1 atom stereocenters. The molecule has 0 radical (unpaired) electrons. The van der Waals surface area contributed by atoms with Gasteiger partial charge in [0.15, 0.2) is 0 Å². The predicted molar refractivity (Wildman–Crippen MR) is 62.1 cm³/mol. The summed E-state index contributed by atoms with van der Waals surface area (Å²) in [6, 6.07) is 0. The molecule has 3 nitrogen and oxygen atoms in total. The maximum absolute atomic E-state index is 11.0. The Labute approximate surface area is 90.1 Å². The summed E-state index contributed by atoms with van der Waals surface area (Å²) in [5.41, 5.74) is 0. The maximum atomic E-state index is 11.0. The van der Waals surface area contributed by atoms with Crippen LogP contribution >= 0.6 is 0 Å². The van der Waals surface area contributed by atoms with Crippen LogP contribution in [0.2, 0.25) is 0 Å². The first-order valence-electron chi connectivity index (χ1n) is 5.44. The van der Waals surface area contributed by atoms with Crippen molar-refractivity contribution >= 4 is 10.8 Å². The average molecular weight is 221 g/mol. The molecule has 0 amide bonds. The van der Waals surface area contributed by atoms with Crippen LogP contribution in [0.25, 0.3) is 0 Å². The lowest BCUT2D eigenvalue weighted by Crippen LogP contribution is -2.25. The molecule has 0 aromatic heterocycles. The first-order valence-corrected chi connectivity index (χ1v) is 6.93. The number of hydrogen-bond acceptors (Lipinski definition) is 3. The first kappa shape index (κ1) is 14.1. The zero-order chi connectivity index (χ0) is 10.6. The highest BCUT2D eigenvalue weighted by Crippen LogP contribution is 1.86. The maximum Gasteiger partial charge on any atom is 0.0590 e. The molecule has 14 heavy (non-hydrogen) atoms. The van der Waals surface area contributed by atoms with Crippen molar-refractivity contribution in [2.24, 2.45) is 0 Å². The van der Waals surface area contributed by atoms with Crippen molar-refractivity contribution in [3.8, 4) is 0 Å². The summed E-state index contributed by atoms with van der Waals surface area (Å²) < 4.78 is 16.4. The fraction of sp³-hybridized carbons (Fsp3) is 1.00. The van der Waals surface area contributed by atoms with E-state index in [1.807, 2.05) is 6.92 Å². The van der Waals surface area contributed by atoms with E-state index in [1.165, 1.54) is 6.42 Å². The molecule has 1 unspecified atom stereocenters. The van der Waals surface area contributed by atoms with Gasteiger partial charge in [-0.05, 0) is 6.42 Å². The van der Waals surface area contributed by atoms with E-state index in [1.54, 1.807) is 0 Å². The Kier molecular flexibility index (Phi) is 11.2. The zero-order valence-electron chi connectivity index (χ0n) is 9.38. The second-order valence-corrected chi connectivity index (χ2v) is 5.01. The third-order valence-electron chi connectivity index (χ3n) is 1.89. The van der Waals surface area contributed by atoms with Crippen LogP contribution in [-0.2, 0) is 15.5 Å². The summed E-state index contributed by atoms with van der Waals surface area (Å²) in [6.07, 6.45) is 2.32. The van der Waals surface area contributed by atoms with Gasteiger partial charge in [0.2, 0.25) is 0 Å². The van der Waals surface area contributed by atoms with E-state index < -0.39 is 10.8 Å². The summed E-state index contributed by atoms with van der Waals surface area (Å²) in [4.78, 5) is 0. The van der Waals surface area contributed by atoms with Gasteiger partial charge in [-0.25, -0.2) is 0 Å². The van der Waals surface area contributed by atoms with Crippen LogP contribution in [-0.4, -0.2) is 42.0 Å². The van der Waals surface area contributed by atoms with Crippen molar-refractivity contribution in [3.05, 3.63) is 0 Å². The van der Waals surface area contributed by atoms with E-state index in [0.29, 0.717) is 0 Å². The number of ether oxygens (including phenoxy) is 1. The smallest absolute Gasteiger partial charge is 0.0590 e. The third-order valence-corrected chi connectivity index (χ3v) is 3.20. The minimum atomic E-state index is -0.641. The van der Waals surface area contributed by atoms with Crippen molar-refractivity contribution in [3.63, 3.8) is 0 Å². The molecule has 0 saturated heterocycles. The van der Waals surface area contributed by atoms with E-state index in [-0.39, 0.29) is 0 Å². The highest BCUT2D eigenvalue weighted by molar-refractivity contribution is 7.84. The van der Waals surface area contributed by atoms with Crippen LogP contribution in [0.1, 0.15) is 26.7 Å². The first-order chi connectivity index (χ1) is 6.81. The second kappa shape index (κ2) is 11.1. The molecule has 0 spiro atoms. The molecule has 86 valence electrons. The molecule has 0 aromatic rings. The molecule has 4 heteroatoms. The Balaban J connectivity index is 2.95. The average Bonchev–Trinajstić information content (AvgIpc) is 2.21. The molecule has 0 aliphatic heterocycles. The van der Waals surface area contributed by atoms with Crippen molar-refractivity contribution < 1.29 is 8.95 Å². The topological polar surface area (TPSA) is 38.3 Å². The van der Waals surface area contributed by atoms with Crippen LogP contribution in [0.5, 0.6) is 0 Å². The number of nitrogens with one attached hydrogen (secondary N) is 1. The van der Waals surface area contributed by atoms with Crippen molar-refractivity contribution in [2.75, 3.05) is 37.8 Å². The molecule has 0 rings (SSSR count). The molecular weight excluding hydrogens is 198 g/mol. The lowest BCUT2D eigenvalue weighted by Gasteiger charge is -2.05. The molecule has 0 fully saturated rings. The fourth-order valence-electron chi connectivity index (χ4n) is 0.948. The quantitative estimate of drug-likeness (QED) is 0.563. The monoisotopic (exact) mass is 221 g/mol. The summed E-state index contributed by atoms with van der Waals surface area (Å²) in [5.74, 6) is 1.51. The van der Waals surface area contributed by atoms with Crippen LogP contribution in [0.3, 0.4) is 0 Å². The van der Waals surface area contributed by atoms with E-state index in [2.05, 4.69) is 12.2 Å². The van der Waals surface area contributed by atoms with Gasteiger partial charge < -0.3 is 10.1 Å². The van der Waals surface area contributed by atoms with Gasteiger partial charge in [0.05, 0.1) is 6.61 Å². The summed E-state index contributed by atoms with van der Waals surface area (Å²) >= 11 is 0. The Morgan fingerprint density at radius 2 is 2.00 bits per heavy atom. The van der Waals surface area contributed by atoms with Crippen molar-refractivity contribution in [2.45, 2.75) is 26.7 Å². The molecule has 1 N–H and O–H groups in total. The number of hydrogen-bond donors (Lipinski definition) is 1. The van der Waals surface area contributed by atoms with Crippen molar-refractivity contribution in [1.29, 1.82) is 0 Å². The van der Waals surface area contributed by atoms with Gasteiger partial charge in [-0.2, -0.15) is 0 Å². The van der Waals surface area contributed by atoms with E-state index in [0.717, 1.165) is 44.2 Å². The van der Waals surface area contributed by atoms with E-state index in [4.69, 9.17) is 4.74 Å². The normalized spacial score (nSPS) is 13.0. The zero-order valence-corrected chi connectivity index (χ0v) is 10.2. The van der Waals surface area contributed by atoms with Gasteiger partial charge in [-0.3, -0.25) is 4.21 Å². The van der Waals surface area contributed by atoms with Gasteiger partial charge >= 0.3 is 0 Å². The molecule has 0 heterocycles. The fourth-order valence-corrected chi connectivity index (χ4v) is 1.61. The SMILES string of the molecule is CCCCOCCNCCS(=O)CC. The summed E-state index contributed by atoms with van der Waals surface area (Å²) in [6.45, 7) is 7.42. The second-order valence-electron chi connectivity index (χ2n) is 3.15. The van der Waals surface area contributed by atoms with Gasteiger partial charge in [0, 0.05) is 42.0 Å². The van der Waals surface area contributed by atoms with E-state index in [9.17, 15) is 4.21 Å². The molecule has 0 aromatic carbocycles. The molecule has 0 bridgehead atoms. The van der Waals surface area contributed by atoms with Gasteiger partial charge in [0.25, 0.3) is 0 Å². The van der Waals surface area contributed by atoms with Crippen LogP contribution in [0.15, 0.2) is 0 Å². The Bertz CT molecular complexity index is 142. The van der Waals surface area contributed by atoms with Crippen LogP contribution in [0.4, 0.5) is 0 Å². The Hall–Kier alpha value is 0.0700. The predicted octanol–water partition coefficient (Wildman–Crippen LogP) is 1.16. The molecule has 0 aliphatic rings. The lowest BCUT2D eigenvalue weighted by molar-refractivity contribution is 0.133. The largest absolute Gasteiger partial charge is 0.380 e. The summed E-state index contributed by atoms with van der Waals surface area (Å²) in [5, 5.41) is 3.21. The Morgan fingerprint density at radius 3 is 2.64 bits per heavy atom. The highest BCUT2D eigenvalue weighted by atomic mass is 32.2. The minimum Gasteiger partial charge on any atom is -0.380 e. The van der Waals surface area contributed by atoms with Gasteiger partial charge in [-0.1, -0.05) is 20.3 Å². The lowest BCUT2D eigenvalue weighted by atomic mass is 10.4. The number of rotatable bonds is 10. The van der Waals surface area contributed by atoms with Crippen molar-refractivity contribution in [1.82, 2.24) is 5.32 Å². The summed E-state index contributed by atoms with van der Waals surface area (Å²) in [7, 11) is -0.641. The number of unbranched alkanes of at least 4 members (excludes halogenated alkanes) is 1. The van der Waals surface area contributed by atoms with E-state index >= 15 is 0 Å². The molecule has 0 aliphatic carbocycles. The van der Waals surface area contributed by atoms with Gasteiger partial charge in [-0.15, -0.1) is 0 Å². The van der Waals surface area contributed by atoms with Crippen LogP contribution < -0.4 is 5.32 Å². The molecule has 0 saturated carbocycles. The highest BCUT2D eigenvalue weighted by Gasteiger charge is 1.94. The van der Waals surface area contributed by atoms with Gasteiger partial charge in [0.1, 0.15) is 0 Å². The minimum absolute atomic E-state index is 0.641. The molecular formula is C10H23NO2S.